The molecule has 0 bridgehead atoms. The van der Waals surface area contributed by atoms with Crippen molar-refractivity contribution in [2.45, 2.75) is 93.9 Å². The normalized spacial score (nSPS) is 12.3. The van der Waals surface area contributed by atoms with Crippen LogP contribution < -0.4 is 0 Å². The van der Waals surface area contributed by atoms with Crippen LogP contribution in [0.1, 0.15) is 100 Å². The maximum absolute atomic E-state index is 5.09. The predicted octanol–water partition coefficient (Wildman–Crippen LogP) is 8.13. The van der Waals surface area contributed by atoms with Gasteiger partial charge in [0.2, 0.25) is 0 Å². The van der Waals surface area contributed by atoms with Crippen molar-refractivity contribution in [1.82, 2.24) is 9.97 Å². The van der Waals surface area contributed by atoms with Gasteiger partial charge in [-0.25, -0.2) is 15.0 Å². The summed E-state index contributed by atoms with van der Waals surface area (Å²) in [7, 11) is 0. The van der Waals surface area contributed by atoms with E-state index in [0.717, 1.165) is 67.0 Å². The van der Waals surface area contributed by atoms with Crippen molar-refractivity contribution in [2.75, 3.05) is 0 Å². The summed E-state index contributed by atoms with van der Waals surface area (Å²) >= 11 is 0. The van der Waals surface area contributed by atoms with Crippen LogP contribution in [0.5, 0.6) is 0 Å². The van der Waals surface area contributed by atoms with Crippen molar-refractivity contribution >= 4 is 22.8 Å². The number of rotatable bonds is 10. The van der Waals surface area contributed by atoms with Crippen LogP contribution in [0.25, 0.3) is 0 Å². The third kappa shape index (κ3) is 6.16. The highest BCUT2D eigenvalue weighted by Gasteiger charge is 2.13. The van der Waals surface area contributed by atoms with Crippen LogP contribution in [0.3, 0.4) is 0 Å². The van der Waals surface area contributed by atoms with E-state index in [0.29, 0.717) is 5.82 Å². The van der Waals surface area contributed by atoms with E-state index >= 15 is 0 Å². The molecule has 0 fully saturated rings. The molecule has 3 rings (SSSR count). The molecule has 0 N–H and O–H groups in total. The minimum atomic E-state index is 0.651. The van der Waals surface area contributed by atoms with Crippen molar-refractivity contribution in [2.24, 2.45) is 9.98 Å². The van der Waals surface area contributed by atoms with Crippen LogP contribution in [0.2, 0.25) is 0 Å². The summed E-state index contributed by atoms with van der Waals surface area (Å²) in [4.78, 5) is 19.6. The van der Waals surface area contributed by atoms with Crippen molar-refractivity contribution in [3.05, 3.63) is 81.4 Å². The number of aliphatic imine (C=N–C) groups is 2. The summed E-state index contributed by atoms with van der Waals surface area (Å²) < 4.78 is 0. The number of aromatic nitrogens is 2. The van der Waals surface area contributed by atoms with E-state index in [4.69, 9.17) is 15.0 Å². The number of aryl methyl sites for hydroxylation is 6. The fourth-order valence-electron chi connectivity index (χ4n) is 4.62. The molecule has 0 atom stereocenters. The Hall–Kier alpha value is -3.14. The second-order valence-corrected chi connectivity index (χ2v) is 9.31. The highest BCUT2D eigenvalue weighted by Crippen LogP contribution is 2.30. The highest BCUT2D eigenvalue weighted by molar-refractivity contribution is 6.01. The highest BCUT2D eigenvalue weighted by atomic mass is 14.9. The molecule has 1 aromatic heterocycles. The molecule has 0 saturated carbocycles. The van der Waals surface area contributed by atoms with E-state index in [1.807, 2.05) is 26.1 Å². The molecule has 0 spiro atoms. The average Bonchev–Trinajstić information content (AvgIpc) is 2.92. The molecule has 0 unspecified atom stereocenters. The van der Waals surface area contributed by atoms with E-state index in [-0.39, 0.29) is 0 Å². The van der Waals surface area contributed by atoms with Crippen LogP contribution in [0.15, 0.2) is 46.5 Å². The number of hydrogen-bond donors (Lipinski definition) is 0. The van der Waals surface area contributed by atoms with E-state index in [1.165, 1.54) is 33.4 Å². The lowest BCUT2D eigenvalue weighted by Crippen LogP contribution is -2.08. The summed E-state index contributed by atoms with van der Waals surface area (Å²) in [6.07, 6.45) is 7.73. The topological polar surface area (TPSA) is 50.5 Å². The molecule has 4 heteroatoms. The van der Waals surface area contributed by atoms with Gasteiger partial charge in [0.1, 0.15) is 0 Å². The molecule has 2 aromatic carbocycles. The Balaban J connectivity index is 2.04. The van der Waals surface area contributed by atoms with Gasteiger partial charge in [0.25, 0.3) is 0 Å². The van der Waals surface area contributed by atoms with Gasteiger partial charge in [-0.1, -0.05) is 65.8 Å². The molecule has 0 aliphatic carbocycles. The monoisotopic (exact) mass is 482 g/mol. The summed E-state index contributed by atoms with van der Waals surface area (Å²) in [5.41, 5.74) is 12.7. The lowest BCUT2D eigenvalue weighted by atomic mass is 9.98. The zero-order chi connectivity index (χ0) is 26.2. The second-order valence-electron chi connectivity index (χ2n) is 9.31. The number of hydrogen-bond acceptors (Lipinski definition) is 4. The zero-order valence-corrected chi connectivity index (χ0v) is 23.5. The first-order valence-electron chi connectivity index (χ1n) is 13.6. The van der Waals surface area contributed by atoms with Crippen molar-refractivity contribution < 1.29 is 0 Å². The SMILES string of the molecule is CCc1cc(CC)c(N=C(C)c2ccnc(C(C)=Nc3c(CC)cc(CC)cc3CC)n2)c(CC)c1. The molecule has 36 heavy (non-hydrogen) atoms. The molecule has 0 amide bonds. The Morgan fingerprint density at radius 3 is 1.42 bits per heavy atom. The quantitative estimate of drug-likeness (QED) is 0.274. The molecule has 0 aliphatic heterocycles. The number of nitrogens with zero attached hydrogens (tertiary/aromatic N) is 4. The van der Waals surface area contributed by atoms with Gasteiger partial charge in [-0.15, -0.1) is 0 Å². The van der Waals surface area contributed by atoms with E-state index in [1.54, 1.807) is 0 Å². The molecule has 0 saturated heterocycles. The van der Waals surface area contributed by atoms with Crippen LogP contribution >= 0.6 is 0 Å². The molecule has 4 nitrogen and oxygen atoms in total. The van der Waals surface area contributed by atoms with Crippen LogP contribution in [0, 0.1) is 0 Å². The van der Waals surface area contributed by atoms with Gasteiger partial charge in [-0.3, -0.25) is 4.99 Å². The first kappa shape index (κ1) is 27.4. The smallest absolute Gasteiger partial charge is 0.174 e. The third-order valence-electron chi connectivity index (χ3n) is 6.90. The van der Waals surface area contributed by atoms with E-state index in [2.05, 4.69) is 70.8 Å². The zero-order valence-electron chi connectivity index (χ0n) is 23.5. The van der Waals surface area contributed by atoms with Crippen LogP contribution in [-0.2, 0) is 38.5 Å². The Morgan fingerprint density at radius 2 is 1.03 bits per heavy atom. The molecule has 3 aromatic rings. The van der Waals surface area contributed by atoms with Gasteiger partial charge in [-0.05, 0) is 91.8 Å². The summed E-state index contributed by atoms with van der Waals surface area (Å²) in [5.74, 6) is 0.651. The van der Waals surface area contributed by atoms with Crippen molar-refractivity contribution in [3.8, 4) is 0 Å². The average molecular weight is 483 g/mol. The van der Waals surface area contributed by atoms with Crippen LogP contribution in [-0.4, -0.2) is 21.4 Å². The second kappa shape index (κ2) is 12.7. The van der Waals surface area contributed by atoms with E-state index in [9.17, 15) is 0 Å². The minimum Gasteiger partial charge on any atom is -0.251 e. The third-order valence-corrected chi connectivity index (χ3v) is 6.90. The molecule has 1 heterocycles. The lowest BCUT2D eigenvalue weighted by Gasteiger charge is -2.14. The first-order valence-corrected chi connectivity index (χ1v) is 13.6. The Kier molecular flexibility index (Phi) is 9.69. The van der Waals surface area contributed by atoms with Gasteiger partial charge in [-0.2, -0.15) is 0 Å². The standard InChI is InChI=1S/C32H42N4/c1-9-23-17-25(11-3)30(26(12-4)18-23)34-21(7)29-15-16-33-32(36-29)22(8)35-31-27(13-5)19-24(10-2)20-28(31)14-6/h15-20H,9-14H2,1-8H3. The molecular weight excluding hydrogens is 440 g/mol. The largest absolute Gasteiger partial charge is 0.251 e. The fourth-order valence-corrected chi connectivity index (χ4v) is 4.62. The van der Waals surface area contributed by atoms with E-state index < -0.39 is 0 Å². The molecular formula is C32H42N4. The lowest BCUT2D eigenvalue weighted by molar-refractivity contribution is 1.03. The van der Waals surface area contributed by atoms with Gasteiger partial charge in [0.05, 0.1) is 28.5 Å². The van der Waals surface area contributed by atoms with Gasteiger partial charge < -0.3 is 0 Å². The first-order chi connectivity index (χ1) is 17.4. The van der Waals surface area contributed by atoms with Gasteiger partial charge in [0.15, 0.2) is 5.82 Å². The van der Waals surface area contributed by atoms with Crippen molar-refractivity contribution in [1.29, 1.82) is 0 Å². The number of benzene rings is 2. The molecule has 0 radical (unpaired) electrons. The van der Waals surface area contributed by atoms with Crippen LogP contribution in [0.4, 0.5) is 11.4 Å². The Morgan fingerprint density at radius 1 is 0.611 bits per heavy atom. The Bertz CT molecular complexity index is 1120. The van der Waals surface area contributed by atoms with Gasteiger partial charge >= 0.3 is 0 Å². The summed E-state index contributed by atoms with van der Waals surface area (Å²) in [5, 5.41) is 0. The summed E-state index contributed by atoms with van der Waals surface area (Å²) in [6.45, 7) is 17.3. The Labute approximate surface area is 218 Å². The molecule has 0 aliphatic rings. The van der Waals surface area contributed by atoms with Gasteiger partial charge in [0, 0.05) is 6.20 Å². The summed E-state index contributed by atoms with van der Waals surface area (Å²) in [6, 6.07) is 11.1. The maximum Gasteiger partial charge on any atom is 0.174 e. The fraction of sp³-hybridized carbons (Fsp3) is 0.438. The molecule has 190 valence electrons. The predicted molar refractivity (Wildman–Crippen MR) is 155 cm³/mol. The minimum absolute atomic E-state index is 0.651. The van der Waals surface area contributed by atoms with Crippen molar-refractivity contribution in [3.63, 3.8) is 0 Å². The maximum atomic E-state index is 5.09.